The van der Waals surface area contributed by atoms with Crippen molar-refractivity contribution in [3.8, 4) is 0 Å². The molecule has 0 aromatic heterocycles. The normalized spacial score (nSPS) is 20.6. The molecule has 2 heteroatoms. The lowest BCUT2D eigenvalue weighted by molar-refractivity contribution is 0.189. The van der Waals surface area contributed by atoms with Gasteiger partial charge in [0.05, 0.1) is 0 Å². The van der Waals surface area contributed by atoms with Crippen molar-refractivity contribution in [2.24, 2.45) is 11.3 Å². The maximum Gasteiger partial charge on any atom is 0.00684 e. The van der Waals surface area contributed by atoms with Crippen molar-refractivity contribution in [3.63, 3.8) is 0 Å². The molecular weight excluding hydrogens is 202 g/mol. The van der Waals surface area contributed by atoms with Gasteiger partial charge in [0.1, 0.15) is 0 Å². The van der Waals surface area contributed by atoms with E-state index in [4.69, 9.17) is 0 Å². The maximum atomic E-state index is 3.70. The third kappa shape index (κ3) is 4.78. The molecule has 1 rings (SSSR count). The van der Waals surface area contributed by atoms with E-state index < -0.39 is 0 Å². The first-order valence-electron chi connectivity index (χ1n) is 6.31. The monoisotopic (exact) mass is 229 g/mol. The summed E-state index contributed by atoms with van der Waals surface area (Å²) >= 11 is 1.97. The van der Waals surface area contributed by atoms with Gasteiger partial charge in [-0.2, -0.15) is 11.8 Å². The standard InChI is InChI=1S/C13H27NS/c1-11(2)13(3,8-5-9-15-4)10-14-12-6-7-12/h11-12,14H,5-10H2,1-4H3. The first kappa shape index (κ1) is 13.4. The SMILES string of the molecule is CSCCCC(C)(CNC1CC1)C(C)C. The second-order valence-corrected chi connectivity index (χ2v) is 6.55. The fourth-order valence-corrected chi connectivity index (χ4v) is 2.30. The highest BCUT2D eigenvalue weighted by atomic mass is 32.2. The topological polar surface area (TPSA) is 12.0 Å². The number of rotatable bonds is 8. The Labute approximate surface area is 99.8 Å². The number of hydrogen-bond acceptors (Lipinski definition) is 2. The van der Waals surface area contributed by atoms with E-state index in [0.29, 0.717) is 5.41 Å². The van der Waals surface area contributed by atoms with Crippen LogP contribution in [0.1, 0.15) is 46.5 Å². The zero-order valence-corrected chi connectivity index (χ0v) is 11.6. The van der Waals surface area contributed by atoms with Gasteiger partial charge in [-0.05, 0) is 49.0 Å². The number of hydrogen-bond donors (Lipinski definition) is 1. The van der Waals surface area contributed by atoms with Crippen LogP contribution in [0.5, 0.6) is 0 Å². The molecular formula is C13H27NS. The van der Waals surface area contributed by atoms with Crippen LogP contribution in [0.15, 0.2) is 0 Å². The molecule has 15 heavy (non-hydrogen) atoms. The van der Waals surface area contributed by atoms with Crippen molar-refractivity contribution in [3.05, 3.63) is 0 Å². The molecule has 0 spiro atoms. The lowest BCUT2D eigenvalue weighted by atomic mass is 9.75. The Morgan fingerprint density at radius 1 is 1.40 bits per heavy atom. The molecule has 1 aliphatic rings. The molecule has 1 unspecified atom stereocenters. The Hall–Kier alpha value is 0.310. The van der Waals surface area contributed by atoms with E-state index >= 15 is 0 Å². The van der Waals surface area contributed by atoms with Gasteiger partial charge < -0.3 is 5.32 Å². The Kier molecular flexibility index (Phi) is 5.48. The first-order valence-corrected chi connectivity index (χ1v) is 7.70. The first-order chi connectivity index (χ1) is 7.08. The van der Waals surface area contributed by atoms with E-state index in [9.17, 15) is 0 Å². The lowest BCUT2D eigenvalue weighted by Crippen LogP contribution is -2.37. The smallest absolute Gasteiger partial charge is 0.00684 e. The van der Waals surface area contributed by atoms with Crippen LogP contribution in [0.3, 0.4) is 0 Å². The Morgan fingerprint density at radius 2 is 2.07 bits per heavy atom. The average molecular weight is 229 g/mol. The molecule has 0 aliphatic heterocycles. The summed E-state index contributed by atoms with van der Waals surface area (Å²) < 4.78 is 0. The van der Waals surface area contributed by atoms with Crippen molar-refractivity contribution in [2.75, 3.05) is 18.6 Å². The summed E-state index contributed by atoms with van der Waals surface area (Å²) in [5, 5.41) is 3.70. The Balaban J connectivity index is 2.29. The van der Waals surface area contributed by atoms with Crippen LogP contribution in [0.4, 0.5) is 0 Å². The highest BCUT2D eigenvalue weighted by Gasteiger charge is 2.30. The molecule has 0 heterocycles. The zero-order valence-electron chi connectivity index (χ0n) is 10.8. The van der Waals surface area contributed by atoms with Crippen LogP contribution in [-0.4, -0.2) is 24.6 Å². The Morgan fingerprint density at radius 3 is 2.53 bits per heavy atom. The predicted molar refractivity (Wildman–Crippen MR) is 71.6 cm³/mol. The molecule has 90 valence electrons. The van der Waals surface area contributed by atoms with Crippen LogP contribution >= 0.6 is 11.8 Å². The van der Waals surface area contributed by atoms with Crippen molar-refractivity contribution >= 4 is 11.8 Å². The molecule has 0 aromatic carbocycles. The highest BCUT2D eigenvalue weighted by Crippen LogP contribution is 2.33. The fraction of sp³-hybridized carbons (Fsp3) is 1.00. The second-order valence-electron chi connectivity index (χ2n) is 5.56. The van der Waals surface area contributed by atoms with Gasteiger partial charge in [0, 0.05) is 12.6 Å². The number of nitrogens with one attached hydrogen (secondary N) is 1. The average Bonchev–Trinajstić information content (AvgIpc) is 2.98. The van der Waals surface area contributed by atoms with Crippen LogP contribution < -0.4 is 5.32 Å². The molecule has 1 saturated carbocycles. The van der Waals surface area contributed by atoms with Crippen molar-refractivity contribution in [2.45, 2.75) is 52.5 Å². The van der Waals surface area contributed by atoms with E-state index in [2.05, 4.69) is 32.3 Å². The zero-order chi connectivity index (χ0) is 11.3. The van der Waals surface area contributed by atoms with Gasteiger partial charge in [-0.1, -0.05) is 20.8 Å². The van der Waals surface area contributed by atoms with E-state index in [1.54, 1.807) is 0 Å². The van der Waals surface area contributed by atoms with Crippen molar-refractivity contribution in [1.29, 1.82) is 0 Å². The summed E-state index contributed by atoms with van der Waals surface area (Å²) in [5.74, 6) is 2.09. The molecule has 0 radical (unpaired) electrons. The minimum atomic E-state index is 0.498. The largest absolute Gasteiger partial charge is 0.313 e. The van der Waals surface area contributed by atoms with E-state index in [-0.39, 0.29) is 0 Å². The molecule has 1 N–H and O–H groups in total. The molecule has 0 amide bonds. The molecule has 1 nitrogen and oxygen atoms in total. The summed E-state index contributed by atoms with van der Waals surface area (Å²) in [6, 6.07) is 0.851. The predicted octanol–water partition coefficient (Wildman–Crippen LogP) is 3.54. The molecule has 1 aliphatic carbocycles. The third-order valence-electron chi connectivity index (χ3n) is 3.86. The summed E-state index contributed by atoms with van der Waals surface area (Å²) in [6.07, 6.45) is 7.74. The molecule has 0 saturated heterocycles. The molecule has 1 fully saturated rings. The van der Waals surface area contributed by atoms with Gasteiger partial charge in [-0.25, -0.2) is 0 Å². The van der Waals surface area contributed by atoms with Crippen molar-refractivity contribution in [1.82, 2.24) is 5.32 Å². The van der Waals surface area contributed by atoms with Gasteiger partial charge >= 0.3 is 0 Å². The van der Waals surface area contributed by atoms with Gasteiger partial charge in [0.15, 0.2) is 0 Å². The third-order valence-corrected chi connectivity index (χ3v) is 4.56. The maximum absolute atomic E-state index is 3.70. The summed E-state index contributed by atoms with van der Waals surface area (Å²) in [6.45, 7) is 8.40. The van der Waals surface area contributed by atoms with Crippen LogP contribution in [0.25, 0.3) is 0 Å². The number of thioether (sulfide) groups is 1. The van der Waals surface area contributed by atoms with Crippen LogP contribution in [-0.2, 0) is 0 Å². The van der Waals surface area contributed by atoms with Gasteiger partial charge in [0.25, 0.3) is 0 Å². The van der Waals surface area contributed by atoms with E-state index in [1.807, 2.05) is 11.8 Å². The lowest BCUT2D eigenvalue weighted by Gasteiger charge is -2.34. The summed E-state index contributed by atoms with van der Waals surface area (Å²) in [4.78, 5) is 0. The minimum Gasteiger partial charge on any atom is -0.313 e. The summed E-state index contributed by atoms with van der Waals surface area (Å²) in [5.41, 5.74) is 0.498. The van der Waals surface area contributed by atoms with Crippen LogP contribution in [0, 0.1) is 11.3 Å². The van der Waals surface area contributed by atoms with E-state index in [0.717, 1.165) is 12.0 Å². The molecule has 1 atom stereocenters. The minimum absolute atomic E-state index is 0.498. The summed E-state index contributed by atoms with van der Waals surface area (Å²) in [7, 11) is 0. The van der Waals surface area contributed by atoms with Gasteiger partial charge in [-0.15, -0.1) is 0 Å². The highest BCUT2D eigenvalue weighted by molar-refractivity contribution is 7.98. The molecule has 0 bridgehead atoms. The second kappa shape index (κ2) is 6.15. The quantitative estimate of drug-likeness (QED) is 0.639. The van der Waals surface area contributed by atoms with E-state index in [1.165, 1.54) is 38.0 Å². The van der Waals surface area contributed by atoms with Crippen molar-refractivity contribution < 1.29 is 0 Å². The van der Waals surface area contributed by atoms with Gasteiger partial charge in [-0.3, -0.25) is 0 Å². The fourth-order valence-electron chi connectivity index (χ4n) is 1.87. The van der Waals surface area contributed by atoms with Crippen LogP contribution in [0.2, 0.25) is 0 Å². The molecule has 0 aromatic rings. The van der Waals surface area contributed by atoms with Gasteiger partial charge in [0.2, 0.25) is 0 Å². The Bertz CT molecular complexity index is 177.